The van der Waals surface area contributed by atoms with Crippen LogP contribution in [0, 0.1) is 10.1 Å². The summed E-state index contributed by atoms with van der Waals surface area (Å²) in [6.45, 7) is 0. The van der Waals surface area contributed by atoms with Crippen molar-refractivity contribution in [1.82, 2.24) is 5.43 Å². The average Bonchev–Trinajstić information content (AvgIpc) is 2.60. The molecular formula is C16H14ClN3O5. The minimum Gasteiger partial charge on any atom is -0.493 e. The van der Waals surface area contributed by atoms with Gasteiger partial charge >= 0.3 is 0 Å². The Hall–Kier alpha value is -3.13. The van der Waals surface area contributed by atoms with Crippen LogP contribution in [0.25, 0.3) is 0 Å². The summed E-state index contributed by atoms with van der Waals surface area (Å²) < 4.78 is 10.1. The molecule has 1 N–H and O–H groups in total. The first-order valence-electron chi connectivity index (χ1n) is 6.95. The van der Waals surface area contributed by atoms with Gasteiger partial charge in [0.2, 0.25) is 0 Å². The second kappa shape index (κ2) is 8.11. The van der Waals surface area contributed by atoms with E-state index in [0.717, 1.165) is 6.21 Å². The smallest absolute Gasteiger partial charge is 0.282 e. The Morgan fingerprint density at radius 2 is 1.92 bits per heavy atom. The van der Waals surface area contributed by atoms with Crippen LogP contribution in [0.5, 0.6) is 11.5 Å². The largest absolute Gasteiger partial charge is 0.493 e. The first-order chi connectivity index (χ1) is 12.0. The van der Waals surface area contributed by atoms with E-state index in [1.807, 2.05) is 0 Å². The van der Waals surface area contributed by atoms with Crippen LogP contribution in [-0.2, 0) is 0 Å². The highest BCUT2D eigenvalue weighted by molar-refractivity contribution is 6.30. The summed E-state index contributed by atoms with van der Waals surface area (Å²) in [5.74, 6) is 0.0203. The van der Waals surface area contributed by atoms with Gasteiger partial charge in [-0.25, -0.2) is 5.43 Å². The van der Waals surface area contributed by atoms with Gasteiger partial charge in [0, 0.05) is 10.6 Å². The highest BCUT2D eigenvalue weighted by Crippen LogP contribution is 2.33. The van der Waals surface area contributed by atoms with Crippen molar-refractivity contribution in [2.24, 2.45) is 5.10 Å². The van der Waals surface area contributed by atoms with E-state index in [4.69, 9.17) is 21.1 Å². The van der Waals surface area contributed by atoms with Gasteiger partial charge in [-0.2, -0.15) is 5.10 Å². The number of nitro benzene ring substituents is 1. The van der Waals surface area contributed by atoms with Gasteiger partial charge < -0.3 is 9.47 Å². The Bertz CT molecular complexity index is 839. The number of hydrogen-bond donors (Lipinski definition) is 1. The molecule has 0 unspecified atom stereocenters. The van der Waals surface area contributed by atoms with Crippen molar-refractivity contribution in [2.75, 3.05) is 14.2 Å². The molecule has 0 fully saturated rings. The first kappa shape index (κ1) is 18.2. The monoisotopic (exact) mass is 363 g/mol. The predicted molar refractivity (Wildman–Crippen MR) is 92.7 cm³/mol. The maximum Gasteiger partial charge on any atom is 0.282 e. The minimum atomic E-state index is -0.581. The number of ether oxygens (including phenoxy) is 2. The summed E-state index contributed by atoms with van der Waals surface area (Å²) in [5.41, 5.74) is 2.51. The van der Waals surface area contributed by atoms with Gasteiger partial charge in [0.15, 0.2) is 11.5 Å². The van der Waals surface area contributed by atoms with Crippen LogP contribution in [0.1, 0.15) is 15.9 Å². The maximum absolute atomic E-state index is 12.0. The van der Waals surface area contributed by atoms with Crippen molar-refractivity contribution < 1.29 is 19.2 Å². The van der Waals surface area contributed by atoms with Crippen LogP contribution < -0.4 is 14.9 Å². The molecule has 130 valence electrons. The van der Waals surface area contributed by atoms with Gasteiger partial charge in [-0.3, -0.25) is 14.9 Å². The molecule has 0 aromatic heterocycles. The van der Waals surface area contributed by atoms with E-state index in [-0.39, 0.29) is 17.0 Å². The zero-order chi connectivity index (χ0) is 18.4. The Morgan fingerprint density at radius 1 is 1.24 bits per heavy atom. The van der Waals surface area contributed by atoms with Gasteiger partial charge in [-0.05, 0) is 24.3 Å². The molecule has 0 spiro atoms. The molecule has 2 rings (SSSR count). The number of nitrogens with one attached hydrogen (secondary N) is 1. The lowest BCUT2D eigenvalue weighted by atomic mass is 10.1. The molecule has 25 heavy (non-hydrogen) atoms. The molecule has 2 aromatic carbocycles. The van der Waals surface area contributed by atoms with Gasteiger partial charge in [0.05, 0.1) is 37.0 Å². The second-order valence-electron chi connectivity index (χ2n) is 4.73. The lowest BCUT2D eigenvalue weighted by molar-refractivity contribution is -0.385. The van der Waals surface area contributed by atoms with E-state index >= 15 is 0 Å². The summed E-state index contributed by atoms with van der Waals surface area (Å²) in [5, 5.41) is 15.4. The number of carbonyl (C=O) groups excluding carboxylic acids is 1. The van der Waals surface area contributed by atoms with E-state index in [1.54, 1.807) is 18.2 Å². The van der Waals surface area contributed by atoms with Crippen LogP contribution >= 0.6 is 11.6 Å². The van der Waals surface area contributed by atoms with Gasteiger partial charge in [-0.1, -0.05) is 17.7 Å². The van der Waals surface area contributed by atoms with Crippen LogP contribution in [-0.4, -0.2) is 31.3 Å². The summed E-state index contributed by atoms with van der Waals surface area (Å²) in [6, 6.07) is 8.92. The van der Waals surface area contributed by atoms with Crippen molar-refractivity contribution in [2.45, 2.75) is 0 Å². The van der Waals surface area contributed by atoms with Crippen molar-refractivity contribution in [3.63, 3.8) is 0 Å². The molecule has 0 heterocycles. The number of hydrogen-bond acceptors (Lipinski definition) is 6. The van der Waals surface area contributed by atoms with Gasteiger partial charge in [0.25, 0.3) is 11.6 Å². The van der Waals surface area contributed by atoms with Gasteiger partial charge in [0.1, 0.15) is 0 Å². The number of nitro groups is 1. The van der Waals surface area contributed by atoms with E-state index in [2.05, 4.69) is 10.5 Å². The number of hydrazone groups is 1. The SMILES string of the molecule is COc1cc(/C=N/NC(=O)c2cccc(Cl)c2)c([N+](=O)[O-])cc1OC. The molecular weight excluding hydrogens is 350 g/mol. The van der Waals surface area contributed by atoms with Gasteiger partial charge in [-0.15, -0.1) is 0 Å². The Morgan fingerprint density at radius 3 is 2.52 bits per heavy atom. The predicted octanol–water partition coefficient (Wildman–Crippen LogP) is 3.03. The highest BCUT2D eigenvalue weighted by Gasteiger charge is 2.18. The molecule has 0 saturated heterocycles. The zero-order valence-electron chi connectivity index (χ0n) is 13.4. The Balaban J connectivity index is 2.25. The molecule has 0 atom stereocenters. The number of amides is 1. The standard InChI is InChI=1S/C16H14ClN3O5/c1-24-14-7-11(13(20(22)23)8-15(14)25-2)9-18-19-16(21)10-4-3-5-12(17)6-10/h3-9H,1-2H3,(H,19,21)/b18-9+. The van der Waals surface area contributed by atoms with E-state index < -0.39 is 10.8 Å². The van der Waals surface area contributed by atoms with E-state index in [9.17, 15) is 14.9 Å². The molecule has 0 bridgehead atoms. The number of benzene rings is 2. The zero-order valence-corrected chi connectivity index (χ0v) is 14.1. The van der Waals surface area contributed by atoms with E-state index in [1.165, 1.54) is 32.4 Å². The molecule has 0 radical (unpaired) electrons. The molecule has 0 aliphatic rings. The third-order valence-electron chi connectivity index (χ3n) is 3.19. The van der Waals surface area contributed by atoms with Crippen molar-refractivity contribution >= 4 is 29.4 Å². The summed E-state index contributed by atoms with van der Waals surface area (Å²) >= 11 is 5.82. The minimum absolute atomic E-state index is 0.147. The first-order valence-corrected chi connectivity index (χ1v) is 7.33. The fraction of sp³-hybridized carbons (Fsp3) is 0.125. The second-order valence-corrected chi connectivity index (χ2v) is 5.17. The third-order valence-corrected chi connectivity index (χ3v) is 3.42. The number of rotatable bonds is 6. The molecule has 2 aromatic rings. The number of carbonyl (C=O) groups is 1. The lowest BCUT2D eigenvalue weighted by Gasteiger charge is -2.08. The normalized spacial score (nSPS) is 10.5. The van der Waals surface area contributed by atoms with Crippen LogP contribution in [0.4, 0.5) is 5.69 Å². The average molecular weight is 364 g/mol. The van der Waals surface area contributed by atoms with Crippen LogP contribution in [0.15, 0.2) is 41.5 Å². The van der Waals surface area contributed by atoms with Crippen molar-refractivity contribution in [3.8, 4) is 11.5 Å². The highest BCUT2D eigenvalue weighted by atomic mass is 35.5. The molecule has 0 aliphatic heterocycles. The van der Waals surface area contributed by atoms with Crippen molar-refractivity contribution in [1.29, 1.82) is 0 Å². The topological polar surface area (TPSA) is 103 Å². The lowest BCUT2D eigenvalue weighted by Crippen LogP contribution is -2.17. The molecule has 9 heteroatoms. The van der Waals surface area contributed by atoms with Crippen LogP contribution in [0.3, 0.4) is 0 Å². The number of nitrogens with zero attached hydrogens (tertiary/aromatic N) is 2. The molecule has 0 aliphatic carbocycles. The maximum atomic E-state index is 12.0. The molecule has 0 saturated carbocycles. The molecule has 8 nitrogen and oxygen atoms in total. The number of halogens is 1. The summed E-state index contributed by atoms with van der Waals surface area (Å²) in [6.07, 6.45) is 1.16. The van der Waals surface area contributed by atoms with Crippen LogP contribution in [0.2, 0.25) is 5.02 Å². The number of methoxy groups -OCH3 is 2. The summed E-state index contributed by atoms with van der Waals surface area (Å²) in [7, 11) is 2.78. The quantitative estimate of drug-likeness (QED) is 0.482. The fourth-order valence-electron chi connectivity index (χ4n) is 2.00. The summed E-state index contributed by atoms with van der Waals surface area (Å²) in [4.78, 5) is 22.6. The molecule has 1 amide bonds. The Labute approximate surface area is 148 Å². The Kier molecular flexibility index (Phi) is 5.91. The van der Waals surface area contributed by atoms with E-state index in [0.29, 0.717) is 16.3 Å². The fourth-order valence-corrected chi connectivity index (χ4v) is 2.19. The third kappa shape index (κ3) is 4.45. The van der Waals surface area contributed by atoms with Crippen molar-refractivity contribution in [3.05, 3.63) is 62.7 Å².